The Kier molecular flexibility index (Phi) is 9.39. The second kappa shape index (κ2) is 12.6. The van der Waals surface area contributed by atoms with E-state index in [1.165, 1.54) is 0 Å². The van der Waals surface area contributed by atoms with Gasteiger partial charge in [-0.05, 0) is 37.5 Å². The fourth-order valence-corrected chi connectivity index (χ4v) is 7.59. The van der Waals surface area contributed by atoms with Gasteiger partial charge in [-0.1, -0.05) is 12.8 Å². The van der Waals surface area contributed by atoms with Crippen molar-refractivity contribution < 1.29 is 23.1 Å². The maximum absolute atomic E-state index is 15.4. The number of carbonyl (C=O) groups is 2. The largest absolute Gasteiger partial charge is 0.380 e. The first-order valence-electron chi connectivity index (χ1n) is 14.9. The number of carbonyl (C=O) groups excluding carboxylic acids is 2. The molecule has 222 valence electrons. The molecular formula is C27H47F2N7O3. The predicted octanol–water partition coefficient (Wildman–Crippen LogP) is -0.528. The van der Waals surface area contributed by atoms with Crippen LogP contribution in [0, 0.1) is 17.3 Å². The normalized spacial score (nSPS) is 35.3. The monoisotopic (exact) mass is 555 g/mol. The lowest BCUT2D eigenvalue weighted by atomic mass is 9.72. The number of hydrogen-bond acceptors (Lipinski definition) is 8. The standard InChI is InChI=1S/C27H47F2N7O3/c28-18-3-6-27(4-1-2-5-27)11-20(33-12-18)22(24(30)31)25(37)34-21-14-32-13-19(29)23(21)35-7-9-36(10-8-35)26(38)17-15-39-16-17/h17-24,32-33H,1-16,30-31H2,(H,34,37). The van der Waals surface area contributed by atoms with Crippen LogP contribution < -0.4 is 27.4 Å². The summed E-state index contributed by atoms with van der Waals surface area (Å²) < 4.78 is 35.1. The summed E-state index contributed by atoms with van der Waals surface area (Å²) in [5, 5.41) is 9.50. The van der Waals surface area contributed by atoms with E-state index in [0.29, 0.717) is 52.4 Å². The summed E-state index contributed by atoms with van der Waals surface area (Å²) in [6.45, 7) is 3.90. The number of piperidine rings is 1. The minimum absolute atomic E-state index is 0.0114. The van der Waals surface area contributed by atoms with E-state index in [0.717, 1.165) is 38.5 Å². The molecule has 0 radical (unpaired) electrons. The van der Waals surface area contributed by atoms with Gasteiger partial charge in [-0.25, -0.2) is 8.78 Å². The summed E-state index contributed by atoms with van der Waals surface area (Å²) in [7, 11) is 0. The lowest BCUT2D eigenvalue weighted by Crippen LogP contribution is -2.69. The summed E-state index contributed by atoms with van der Waals surface area (Å²) >= 11 is 0. The van der Waals surface area contributed by atoms with Gasteiger partial charge in [0.2, 0.25) is 11.8 Å². The Morgan fingerprint density at radius 1 is 1.00 bits per heavy atom. The second-order valence-corrected chi connectivity index (χ2v) is 12.5. The first-order valence-corrected chi connectivity index (χ1v) is 14.9. The predicted molar refractivity (Wildman–Crippen MR) is 143 cm³/mol. The van der Waals surface area contributed by atoms with Crippen LogP contribution in [0.5, 0.6) is 0 Å². The molecule has 0 aromatic carbocycles. The van der Waals surface area contributed by atoms with E-state index in [1.807, 2.05) is 4.90 Å². The van der Waals surface area contributed by atoms with Gasteiger partial charge in [0.25, 0.3) is 0 Å². The number of ether oxygens (including phenoxy) is 1. The zero-order valence-electron chi connectivity index (χ0n) is 23.0. The third kappa shape index (κ3) is 6.56. The highest BCUT2D eigenvalue weighted by molar-refractivity contribution is 5.81. The number of nitrogens with one attached hydrogen (secondary N) is 3. The van der Waals surface area contributed by atoms with Crippen LogP contribution in [0.4, 0.5) is 8.78 Å². The van der Waals surface area contributed by atoms with Crippen LogP contribution in [0.1, 0.15) is 44.9 Å². The van der Waals surface area contributed by atoms with Crippen molar-refractivity contribution >= 4 is 11.8 Å². The topological polar surface area (TPSA) is 138 Å². The van der Waals surface area contributed by atoms with E-state index in [9.17, 15) is 14.0 Å². The van der Waals surface area contributed by atoms with Crippen molar-refractivity contribution in [2.45, 2.75) is 81.6 Å². The molecule has 5 fully saturated rings. The van der Waals surface area contributed by atoms with Crippen LogP contribution in [0.25, 0.3) is 0 Å². The van der Waals surface area contributed by atoms with Gasteiger partial charge in [-0.15, -0.1) is 0 Å². The van der Waals surface area contributed by atoms with Crippen LogP contribution >= 0.6 is 0 Å². The molecule has 0 aromatic rings. The number of hydrogen-bond donors (Lipinski definition) is 5. The highest BCUT2D eigenvalue weighted by atomic mass is 19.1. The van der Waals surface area contributed by atoms with E-state index >= 15 is 4.39 Å². The maximum Gasteiger partial charge on any atom is 0.230 e. The third-order valence-corrected chi connectivity index (χ3v) is 9.91. The maximum atomic E-state index is 15.4. The van der Waals surface area contributed by atoms with Gasteiger partial charge in [-0.2, -0.15) is 0 Å². The molecule has 4 heterocycles. The molecule has 0 bridgehead atoms. The van der Waals surface area contributed by atoms with Crippen molar-refractivity contribution in [3.8, 4) is 0 Å². The minimum atomic E-state index is -1.18. The van der Waals surface area contributed by atoms with Gasteiger partial charge in [0.15, 0.2) is 0 Å². The van der Waals surface area contributed by atoms with E-state index in [1.54, 1.807) is 0 Å². The van der Waals surface area contributed by atoms with Gasteiger partial charge >= 0.3 is 0 Å². The van der Waals surface area contributed by atoms with Crippen LogP contribution in [-0.2, 0) is 14.3 Å². The van der Waals surface area contributed by atoms with Gasteiger partial charge in [0.1, 0.15) is 12.3 Å². The average Bonchev–Trinajstić information content (AvgIpc) is 3.33. The van der Waals surface area contributed by atoms with Crippen LogP contribution in [0.3, 0.4) is 0 Å². The first kappa shape index (κ1) is 29.1. The molecule has 1 aliphatic carbocycles. The Bertz CT molecular complexity index is 849. The quantitative estimate of drug-likeness (QED) is 0.276. The smallest absolute Gasteiger partial charge is 0.230 e. The molecule has 10 nitrogen and oxygen atoms in total. The third-order valence-electron chi connectivity index (χ3n) is 9.91. The highest BCUT2D eigenvalue weighted by Gasteiger charge is 2.45. The Labute approximate surface area is 230 Å². The average molecular weight is 556 g/mol. The van der Waals surface area contributed by atoms with Crippen molar-refractivity contribution in [3.63, 3.8) is 0 Å². The molecule has 6 atom stereocenters. The first-order chi connectivity index (χ1) is 18.8. The van der Waals surface area contributed by atoms with E-state index in [4.69, 9.17) is 16.2 Å². The molecule has 2 amide bonds. The zero-order chi connectivity index (χ0) is 27.6. The molecule has 7 N–H and O–H groups in total. The molecule has 5 rings (SSSR count). The fraction of sp³-hybridized carbons (Fsp3) is 0.926. The summed E-state index contributed by atoms with van der Waals surface area (Å²) in [4.78, 5) is 30.3. The van der Waals surface area contributed by atoms with Crippen LogP contribution in [0.15, 0.2) is 0 Å². The lowest BCUT2D eigenvalue weighted by molar-refractivity contribution is -0.152. The van der Waals surface area contributed by atoms with Crippen molar-refractivity contribution in [3.05, 3.63) is 0 Å². The van der Waals surface area contributed by atoms with E-state index in [2.05, 4.69) is 20.9 Å². The minimum Gasteiger partial charge on any atom is -0.380 e. The summed E-state index contributed by atoms with van der Waals surface area (Å²) in [5.74, 6) is -1.02. The van der Waals surface area contributed by atoms with Crippen LogP contribution in [-0.4, -0.2) is 117 Å². The Morgan fingerprint density at radius 3 is 2.36 bits per heavy atom. The Balaban J connectivity index is 1.25. The summed E-state index contributed by atoms with van der Waals surface area (Å²) in [6.07, 6.45) is 3.33. The van der Waals surface area contributed by atoms with Gasteiger partial charge in [-0.3, -0.25) is 14.5 Å². The number of nitrogens with zero attached hydrogens (tertiary/aromatic N) is 2. The van der Waals surface area contributed by atoms with Gasteiger partial charge in [0, 0.05) is 51.9 Å². The second-order valence-electron chi connectivity index (χ2n) is 12.5. The molecule has 5 aliphatic rings. The summed E-state index contributed by atoms with van der Waals surface area (Å²) in [5.41, 5.74) is 12.4. The molecule has 6 unspecified atom stereocenters. The molecule has 4 saturated heterocycles. The van der Waals surface area contributed by atoms with Gasteiger partial charge < -0.3 is 37.1 Å². The fourth-order valence-electron chi connectivity index (χ4n) is 7.59. The molecule has 39 heavy (non-hydrogen) atoms. The molecule has 1 spiro atoms. The Morgan fingerprint density at radius 2 is 1.72 bits per heavy atom. The number of halogens is 2. The number of rotatable bonds is 6. The number of alkyl halides is 2. The number of nitrogens with two attached hydrogens (primary N) is 2. The highest BCUT2D eigenvalue weighted by Crippen LogP contribution is 2.47. The Hall–Kier alpha value is -1.44. The van der Waals surface area contributed by atoms with Gasteiger partial charge in [0.05, 0.1) is 43.3 Å². The van der Waals surface area contributed by atoms with Crippen molar-refractivity contribution in [1.29, 1.82) is 0 Å². The number of piperazine rings is 1. The lowest BCUT2D eigenvalue weighted by Gasteiger charge is -2.47. The van der Waals surface area contributed by atoms with Crippen molar-refractivity contribution in [2.75, 3.05) is 59.0 Å². The molecule has 12 heteroatoms. The van der Waals surface area contributed by atoms with E-state index in [-0.39, 0.29) is 42.3 Å². The van der Waals surface area contributed by atoms with Crippen molar-refractivity contribution in [2.24, 2.45) is 28.7 Å². The van der Waals surface area contributed by atoms with Crippen LogP contribution in [0.2, 0.25) is 0 Å². The molecular weight excluding hydrogens is 508 g/mol. The van der Waals surface area contributed by atoms with E-state index < -0.39 is 36.5 Å². The van der Waals surface area contributed by atoms with Crippen molar-refractivity contribution in [1.82, 2.24) is 25.8 Å². The molecule has 1 saturated carbocycles. The molecule has 4 aliphatic heterocycles. The zero-order valence-corrected chi connectivity index (χ0v) is 23.0. The number of amides is 2. The SMILES string of the molecule is NC(N)C(C(=O)NC1CNCC(F)C1N1CCN(C(=O)C2COC2)CC1)C1CC2(CCCC2)CCC(F)CN1. The summed E-state index contributed by atoms with van der Waals surface area (Å²) in [6, 6.07) is -1.34. The molecule has 0 aromatic heterocycles.